The third-order valence-corrected chi connectivity index (χ3v) is 4.75. The first-order valence-electron chi connectivity index (χ1n) is 9.59. The molecule has 0 aliphatic carbocycles. The summed E-state index contributed by atoms with van der Waals surface area (Å²) >= 11 is 0. The van der Waals surface area contributed by atoms with Crippen LogP contribution in [0.15, 0.2) is 48.5 Å². The Balaban J connectivity index is 2.23. The summed E-state index contributed by atoms with van der Waals surface area (Å²) in [5.74, 6) is -0.146. The Morgan fingerprint density at radius 3 is 2.48 bits per heavy atom. The van der Waals surface area contributed by atoms with E-state index in [9.17, 15) is 9.59 Å². The van der Waals surface area contributed by atoms with Gasteiger partial charge >= 0.3 is 0 Å². The Morgan fingerprint density at radius 1 is 1.07 bits per heavy atom. The van der Waals surface area contributed by atoms with E-state index < -0.39 is 6.04 Å². The van der Waals surface area contributed by atoms with Crippen molar-refractivity contribution >= 4 is 11.8 Å². The summed E-state index contributed by atoms with van der Waals surface area (Å²) in [6, 6.07) is 15.4. The van der Waals surface area contributed by atoms with Crippen LogP contribution < -0.4 is 5.32 Å². The van der Waals surface area contributed by atoms with Gasteiger partial charge in [-0.1, -0.05) is 61.0 Å². The number of nitrogens with one attached hydrogen (secondary N) is 1. The Morgan fingerprint density at radius 2 is 1.81 bits per heavy atom. The third-order valence-electron chi connectivity index (χ3n) is 4.75. The number of rotatable bonds is 8. The summed E-state index contributed by atoms with van der Waals surface area (Å²) in [6.07, 6.45) is 1.16. The zero-order valence-electron chi connectivity index (χ0n) is 16.8. The average Bonchev–Trinajstić information content (AvgIpc) is 2.65. The number of amides is 2. The lowest BCUT2D eigenvalue weighted by atomic mass is 10.0. The highest BCUT2D eigenvalue weighted by Gasteiger charge is 2.26. The van der Waals surface area contributed by atoms with E-state index in [1.165, 1.54) is 0 Å². The normalized spacial score (nSPS) is 11.7. The predicted molar refractivity (Wildman–Crippen MR) is 109 cm³/mol. The van der Waals surface area contributed by atoms with E-state index in [-0.39, 0.29) is 11.8 Å². The maximum absolute atomic E-state index is 13.1. The van der Waals surface area contributed by atoms with Gasteiger partial charge in [-0.3, -0.25) is 9.59 Å². The second-order valence-electron chi connectivity index (χ2n) is 7.08. The first kappa shape index (κ1) is 20.7. The van der Waals surface area contributed by atoms with Gasteiger partial charge in [0.05, 0.1) is 6.42 Å². The van der Waals surface area contributed by atoms with Crippen molar-refractivity contribution in [1.82, 2.24) is 10.2 Å². The molecular formula is C23H30N2O2. The quantitative estimate of drug-likeness (QED) is 0.773. The smallest absolute Gasteiger partial charge is 0.242 e. The molecule has 1 N–H and O–H groups in total. The molecule has 0 saturated heterocycles. The second kappa shape index (κ2) is 9.91. The Hall–Kier alpha value is -2.62. The number of carbonyl (C=O) groups excluding carboxylic acids is 2. The lowest BCUT2D eigenvalue weighted by Crippen LogP contribution is -2.48. The van der Waals surface area contributed by atoms with Gasteiger partial charge in [-0.05, 0) is 43.9 Å². The summed E-state index contributed by atoms with van der Waals surface area (Å²) in [7, 11) is 0. The molecule has 2 rings (SSSR count). The van der Waals surface area contributed by atoms with Gasteiger partial charge in [-0.25, -0.2) is 0 Å². The average molecular weight is 367 g/mol. The van der Waals surface area contributed by atoms with Crippen molar-refractivity contribution in [2.45, 2.75) is 53.1 Å². The lowest BCUT2D eigenvalue weighted by molar-refractivity contribution is -0.140. The molecule has 0 aliphatic heterocycles. The molecule has 144 valence electrons. The van der Waals surface area contributed by atoms with Crippen molar-refractivity contribution in [3.05, 3.63) is 70.8 Å². The summed E-state index contributed by atoms with van der Waals surface area (Å²) in [6.45, 7) is 8.89. The number of carbonyl (C=O) groups is 2. The number of benzene rings is 2. The van der Waals surface area contributed by atoms with Crippen molar-refractivity contribution in [3.63, 3.8) is 0 Å². The number of hydrogen-bond acceptors (Lipinski definition) is 2. The standard InChI is InChI=1S/C23H30N2O2/c1-5-13-24-23(27)19(4)25(16-20-11-8-9-17(2)14-20)22(26)15-21-12-7-6-10-18(21)3/h6-12,14,19H,5,13,15-16H2,1-4H3,(H,24,27)/t19-/m0/s1. The first-order valence-corrected chi connectivity index (χ1v) is 9.59. The highest BCUT2D eigenvalue weighted by molar-refractivity contribution is 5.88. The summed E-state index contributed by atoms with van der Waals surface area (Å²) in [5, 5.41) is 2.91. The molecule has 0 radical (unpaired) electrons. The van der Waals surface area contributed by atoms with Crippen molar-refractivity contribution in [2.24, 2.45) is 0 Å². The largest absolute Gasteiger partial charge is 0.354 e. The van der Waals surface area contributed by atoms with Crippen LogP contribution in [0, 0.1) is 13.8 Å². The summed E-state index contributed by atoms with van der Waals surface area (Å²) in [5.41, 5.74) is 4.26. The SMILES string of the molecule is CCCNC(=O)[C@H](C)N(Cc1cccc(C)c1)C(=O)Cc1ccccc1C. The minimum atomic E-state index is -0.520. The Bertz CT molecular complexity index is 785. The van der Waals surface area contributed by atoms with Gasteiger partial charge in [0.1, 0.15) is 6.04 Å². The highest BCUT2D eigenvalue weighted by Crippen LogP contribution is 2.15. The third kappa shape index (κ3) is 5.95. The molecule has 0 unspecified atom stereocenters. The molecule has 0 saturated carbocycles. The Kier molecular flexibility index (Phi) is 7.59. The van der Waals surface area contributed by atoms with E-state index in [0.29, 0.717) is 19.5 Å². The van der Waals surface area contributed by atoms with Crippen LogP contribution in [-0.4, -0.2) is 29.3 Å². The maximum atomic E-state index is 13.1. The minimum Gasteiger partial charge on any atom is -0.354 e. The van der Waals surface area contributed by atoms with Crippen molar-refractivity contribution in [1.29, 1.82) is 0 Å². The van der Waals surface area contributed by atoms with Gasteiger partial charge in [0.25, 0.3) is 0 Å². The summed E-state index contributed by atoms with van der Waals surface area (Å²) < 4.78 is 0. The van der Waals surface area contributed by atoms with Crippen LogP contribution in [0.2, 0.25) is 0 Å². The van der Waals surface area contributed by atoms with Crippen LogP contribution in [0.5, 0.6) is 0 Å². The van der Waals surface area contributed by atoms with Crippen molar-refractivity contribution in [2.75, 3.05) is 6.54 Å². The zero-order chi connectivity index (χ0) is 19.8. The van der Waals surface area contributed by atoms with Gasteiger partial charge in [-0.2, -0.15) is 0 Å². The molecule has 0 heterocycles. The molecule has 1 atom stereocenters. The van der Waals surface area contributed by atoms with Gasteiger partial charge in [-0.15, -0.1) is 0 Å². The van der Waals surface area contributed by atoms with E-state index in [4.69, 9.17) is 0 Å². The lowest BCUT2D eigenvalue weighted by Gasteiger charge is -2.29. The van der Waals surface area contributed by atoms with Crippen molar-refractivity contribution < 1.29 is 9.59 Å². The van der Waals surface area contributed by atoms with Gasteiger partial charge in [0.15, 0.2) is 0 Å². The molecule has 0 bridgehead atoms. The molecular weight excluding hydrogens is 336 g/mol. The molecule has 4 heteroatoms. The molecule has 0 aromatic heterocycles. The topological polar surface area (TPSA) is 49.4 Å². The fourth-order valence-electron chi connectivity index (χ4n) is 3.06. The predicted octanol–water partition coefficient (Wildman–Crippen LogP) is 3.79. The number of nitrogens with zero attached hydrogens (tertiary/aromatic N) is 1. The van der Waals surface area contributed by atoms with Gasteiger partial charge < -0.3 is 10.2 Å². The summed E-state index contributed by atoms with van der Waals surface area (Å²) in [4.78, 5) is 27.3. The maximum Gasteiger partial charge on any atom is 0.242 e. The fraction of sp³-hybridized carbons (Fsp3) is 0.391. The minimum absolute atomic E-state index is 0.0371. The molecule has 0 aliphatic rings. The first-order chi connectivity index (χ1) is 12.9. The highest BCUT2D eigenvalue weighted by atomic mass is 16.2. The molecule has 0 spiro atoms. The van der Waals surface area contributed by atoms with Gasteiger partial charge in [0.2, 0.25) is 11.8 Å². The zero-order valence-corrected chi connectivity index (χ0v) is 16.8. The molecule has 2 aromatic rings. The Labute approximate surface area is 162 Å². The molecule has 27 heavy (non-hydrogen) atoms. The number of aryl methyl sites for hydroxylation is 2. The molecule has 2 aromatic carbocycles. The van der Waals surface area contributed by atoms with Crippen LogP contribution >= 0.6 is 0 Å². The van der Waals surface area contributed by atoms with Crippen LogP contribution in [0.25, 0.3) is 0 Å². The monoisotopic (exact) mass is 366 g/mol. The van der Waals surface area contributed by atoms with E-state index in [2.05, 4.69) is 11.4 Å². The molecule has 0 fully saturated rings. The van der Waals surface area contributed by atoms with E-state index >= 15 is 0 Å². The fourth-order valence-corrected chi connectivity index (χ4v) is 3.06. The van der Waals surface area contributed by atoms with E-state index in [1.807, 2.05) is 63.2 Å². The van der Waals surface area contributed by atoms with Crippen LogP contribution in [0.1, 0.15) is 42.5 Å². The second-order valence-corrected chi connectivity index (χ2v) is 7.08. The van der Waals surface area contributed by atoms with Crippen molar-refractivity contribution in [3.8, 4) is 0 Å². The molecule has 2 amide bonds. The molecule has 4 nitrogen and oxygen atoms in total. The van der Waals surface area contributed by atoms with Gasteiger partial charge in [0, 0.05) is 13.1 Å². The number of hydrogen-bond donors (Lipinski definition) is 1. The van der Waals surface area contributed by atoms with Crippen LogP contribution in [0.4, 0.5) is 0 Å². The van der Waals surface area contributed by atoms with E-state index in [1.54, 1.807) is 11.8 Å². The van der Waals surface area contributed by atoms with Crippen LogP contribution in [0.3, 0.4) is 0 Å². The van der Waals surface area contributed by atoms with Crippen LogP contribution in [-0.2, 0) is 22.6 Å². The van der Waals surface area contributed by atoms with E-state index in [0.717, 1.165) is 28.7 Å².